The van der Waals surface area contributed by atoms with E-state index in [9.17, 15) is 9.18 Å². The van der Waals surface area contributed by atoms with Crippen LogP contribution < -0.4 is 4.90 Å². The number of benzene rings is 1. The van der Waals surface area contributed by atoms with Gasteiger partial charge in [-0.2, -0.15) is 0 Å². The van der Waals surface area contributed by atoms with Gasteiger partial charge in [-0.3, -0.25) is 4.79 Å². The number of hydrogen-bond acceptors (Lipinski definition) is 3. The summed E-state index contributed by atoms with van der Waals surface area (Å²) in [4.78, 5) is 13.0. The fourth-order valence-electron chi connectivity index (χ4n) is 1.63. The summed E-state index contributed by atoms with van der Waals surface area (Å²) in [5.74, 6) is -0.494. The van der Waals surface area contributed by atoms with Gasteiger partial charge in [-0.15, -0.1) is 0 Å². The summed E-state index contributed by atoms with van der Waals surface area (Å²) in [6.07, 6.45) is 0. The number of nitrogens with zero attached hydrogens (tertiary/aromatic N) is 1. The van der Waals surface area contributed by atoms with Gasteiger partial charge in [-0.1, -0.05) is 0 Å². The molecule has 0 aliphatic carbocycles. The van der Waals surface area contributed by atoms with Crippen LogP contribution in [0.3, 0.4) is 0 Å². The highest BCUT2D eigenvalue weighted by Crippen LogP contribution is 2.20. The molecule has 0 saturated carbocycles. The number of hydrogen-bond donors (Lipinski definition) is 0. The van der Waals surface area contributed by atoms with Gasteiger partial charge < -0.3 is 9.64 Å². The molecular weight excluding hydrogens is 221 g/mol. The lowest BCUT2D eigenvalue weighted by atomic mass is 10.1. The Bertz CT molecular complexity index is 393. The number of ketones is 1. The summed E-state index contributed by atoms with van der Waals surface area (Å²) in [6.45, 7) is 5.25. The Balaban J connectivity index is 2.92. The molecule has 0 unspecified atom stereocenters. The van der Waals surface area contributed by atoms with Crippen LogP contribution in [-0.4, -0.2) is 32.6 Å². The van der Waals surface area contributed by atoms with Crippen LogP contribution in [0.4, 0.5) is 10.1 Å². The second kappa shape index (κ2) is 6.35. The average molecular weight is 239 g/mol. The van der Waals surface area contributed by atoms with Crippen molar-refractivity contribution in [2.45, 2.75) is 13.8 Å². The zero-order chi connectivity index (χ0) is 12.8. The van der Waals surface area contributed by atoms with Crippen molar-refractivity contribution in [2.24, 2.45) is 0 Å². The van der Waals surface area contributed by atoms with E-state index in [1.165, 1.54) is 13.0 Å². The third-order valence-electron chi connectivity index (χ3n) is 2.64. The second-order valence-electron chi connectivity index (χ2n) is 3.79. The van der Waals surface area contributed by atoms with E-state index in [0.717, 1.165) is 0 Å². The van der Waals surface area contributed by atoms with E-state index in [1.54, 1.807) is 19.2 Å². The maximum atomic E-state index is 13.8. The first-order valence-corrected chi connectivity index (χ1v) is 5.64. The molecule has 0 fully saturated rings. The molecule has 0 bridgehead atoms. The number of halogens is 1. The van der Waals surface area contributed by atoms with Crippen LogP contribution >= 0.6 is 0 Å². The van der Waals surface area contributed by atoms with Gasteiger partial charge in [0, 0.05) is 25.8 Å². The number of rotatable bonds is 6. The van der Waals surface area contributed by atoms with E-state index in [4.69, 9.17) is 4.74 Å². The number of anilines is 1. The Kier molecular flexibility index (Phi) is 5.10. The highest BCUT2D eigenvalue weighted by Gasteiger charge is 2.11. The Morgan fingerprint density at radius 2 is 2.18 bits per heavy atom. The Labute approximate surface area is 101 Å². The van der Waals surface area contributed by atoms with E-state index >= 15 is 0 Å². The molecule has 1 aromatic rings. The third kappa shape index (κ3) is 3.53. The van der Waals surface area contributed by atoms with Crippen molar-refractivity contribution in [2.75, 3.05) is 31.7 Å². The van der Waals surface area contributed by atoms with Crippen LogP contribution in [0.1, 0.15) is 24.2 Å². The van der Waals surface area contributed by atoms with Gasteiger partial charge in [0.2, 0.25) is 0 Å². The van der Waals surface area contributed by atoms with Crippen LogP contribution in [0.15, 0.2) is 18.2 Å². The monoisotopic (exact) mass is 239 g/mol. The van der Waals surface area contributed by atoms with Crippen molar-refractivity contribution in [3.05, 3.63) is 29.6 Å². The summed E-state index contributed by atoms with van der Waals surface area (Å²) in [5.41, 5.74) is 0.906. The maximum absolute atomic E-state index is 13.8. The molecule has 0 heterocycles. The lowest BCUT2D eigenvalue weighted by molar-refractivity contribution is 0.101. The molecule has 4 heteroatoms. The highest BCUT2D eigenvalue weighted by molar-refractivity contribution is 5.94. The zero-order valence-electron chi connectivity index (χ0n) is 10.5. The second-order valence-corrected chi connectivity index (χ2v) is 3.79. The van der Waals surface area contributed by atoms with Gasteiger partial charge in [-0.25, -0.2) is 4.39 Å². The number of likely N-dealkylation sites (N-methyl/N-ethyl adjacent to an activating group) is 1. The van der Waals surface area contributed by atoms with E-state index in [-0.39, 0.29) is 11.6 Å². The molecule has 94 valence electrons. The molecule has 0 amide bonds. The van der Waals surface area contributed by atoms with Crippen LogP contribution in [0.5, 0.6) is 0 Å². The van der Waals surface area contributed by atoms with E-state index in [0.29, 0.717) is 30.9 Å². The Morgan fingerprint density at radius 3 is 2.65 bits per heavy atom. The molecule has 1 aromatic carbocycles. The molecule has 1 rings (SSSR count). The summed E-state index contributed by atoms with van der Waals surface area (Å²) in [7, 11) is 1.61. The summed E-state index contributed by atoms with van der Waals surface area (Å²) < 4.78 is 18.8. The minimum atomic E-state index is -0.365. The lowest BCUT2D eigenvalue weighted by Gasteiger charge is -2.23. The molecular formula is C13H18FNO2. The standard InChI is InChI=1S/C13H18FNO2/c1-4-15(7-8-17-3)13-6-5-11(10(2)16)9-12(13)14/h5-6,9H,4,7-8H2,1-3H3. The van der Waals surface area contributed by atoms with Gasteiger partial charge in [-0.05, 0) is 32.0 Å². The normalized spacial score (nSPS) is 10.4. The summed E-state index contributed by atoms with van der Waals surface area (Å²) in [6, 6.07) is 4.58. The van der Waals surface area contributed by atoms with Gasteiger partial charge in [0.25, 0.3) is 0 Å². The van der Waals surface area contributed by atoms with Crippen LogP contribution in [-0.2, 0) is 4.74 Å². The van der Waals surface area contributed by atoms with Crippen molar-refractivity contribution in [1.82, 2.24) is 0 Å². The highest BCUT2D eigenvalue weighted by atomic mass is 19.1. The first-order valence-electron chi connectivity index (χ1n) is 5.64. The molecule has 0 spiro atoms. The minimum absolute atomic E-state index is 0.129. The molecule has 0 aromatic heterocycles. The zero-order valence-corrected chi connectivity index (χ0v) is 10.5. The number of carbonyl (C=O) groups excluding carboxylic acids is 1. The van der Waals surface area contributed by atoms with Crippen molar-refractivity contribution in [3.63, 3.8) is 0 Å². The molecule has 0 N–H and O–H groups in total. The third-order valence-corrected chi connectivity index (χ3v) is 2.64. The van der Waals surface area contributed by atoms with Crippen molar-refractivity contribution < 1.29 is 13.9 Å². The van der Waals surface area contributed by atoms with Crippen LogP contribution in [0.2, 0.25) is 0 Å². The van der Waals surface area contributed by atoms with E-state index in [2.05, 4.69) is 0 Å². The molecule has 0 saturated heterocycles. The maximum Gasteiger partial charge on any atom is 0.159 e. The molecule has 3 nitrogen and oxygen atoms in total. The Morgan fingerprint density at radius 1 is 1.47 bits per heavy atom. The topological polar surface area (TPSA) is 29.5 Å². The fourth-order valence-corrected chi connectivity index (χ4v) is 1.63. The number of ether oxygens (including phenoxy) is 1. The molecule has 0 atom stereocenters. The molecule has 0 radical (unpaired) electrons. The quantitative estimate of drug-likeness (QED) is 0.714. The fraction of sp³-hybridized carbons (Fsp3) is 0.462. The van der Waals surface area contributed by atoms with Crippen molar-refractivity contribution >= 4 is 11.5 Å². The van der Waals surface area contributed by atoms with E-state index in [1.807, 2.05) is 11.8 Å². The first-order chi connectivity index (χ1) is 8.10. The van der Waals surface area contributed by atoms with Crippen LogP contribution in [0.25, 0.3) is 0 Å². The van der Waals surface area contributed by atoms with Gasteiger partial charge >= 0.3 is 0 Å². The summed E-state index contributed by atoms with van der Waals surface area (Å²) in [5, 5.41) is 0. The largest absolute Gasteiger partial charge is 0.383 e. The lowest BCUT2D eigenvalue weighted by Crippen LogP contribution is -2.27. The molecule has 0 aliphatic rings. The van der Waals surface area contributed by atoms with Crippen LogP contribution in [0, 0.1) is 5.82 Å². The molecule has 17 heavy (non-hydrogen) atoms. The Hall–Kier alpha value is -1.42. The summed E-state index contributed by atoms with van der Waals surface area (Å²) >= 11 is 0. The smallest absolute Gasteiger partial charge is 0.159 e. The minimum Gasteiger partial charge on any atom is -0.383 e. The predicted octanol–water partition coefficient (Wildman–Crippen LogP) is 2.50. The van der Waals surface area contributed by atoms with Crippen molar-refractivity contribution in [3.8, 4) is 0 Å². The number of methoxy groups -OCH3 is 1. The number of Topliss-reactive ketones (excluding diaryl/α,β-unsaturated/α-hetero) is 1. The van der Waals surface area contributed by atoms with Crippen molar-refractivity contribution in [1.29, 1.82) is 0 Å². The number of carbonyl (C=O) groups is 1. The SMILES string of the molecule is CCN(CCOC)c1ccc(C(C)=O)cc1F. The van der Waals surface area contributed by atoms with Gasteiger partial charge in [0.05, 0.1) is 12.3 Å². The van der Waals surface area contributed by atoms with Gasteiger partial charge in [0.15, 0.2) is 5.78 Å². The van der Waals surface area contributed by atoms with Gasteiger partial charge in [0.1, 0.15) is 5.82 Å². The van der Waals surface area contributed by atoms with E-state index < -0.39 is 0 Å². The average Bonchev–Trinajstić information content (AvgIpc) is 2.31. The molecule has 0 aliphatic heterocycles. The first kappa shape index (κ1) is 13.6. The predicted molar refractivity (Wildman–Crippen MR) is 66.2 cm³/mol.